The van der Waals surface area contributed by atoms with E-state index in [0.29, 0.717) is 24.1 Å². The van der Waals surface area contributed by atoms with Crippen molar-refractivity contribution in [3.05, 3.63) is 34.1 Å². The molecule has 0 bridgehead atoms. The number of halogens is 2. The molecule has 0 aliphatic rings. The highest BCUT2D eigenvalue weighted by molar-refractivity contribution is 9.10. The quantitative estimate of drug-likeness (QED) is 0.901. The zero-order valence-corrected chi connectivity index (χ0v) is 13.1. The number of benzene rings is 1. The van der Waals surface area contributed by atoms with E-state index in [1.165, 1.54) is 12.1 Å². The molecule has 5 heteroatoms. The zero-order valence-electron chi connectivity index (χ0n) is 11.5. The fourth-order valence-electron chi connectivity index (χ4n) is 1.74. The first-order chi connectivity index (χ1) is 8.80. The molecule has 0 saturated heterocycles. The fraction of sp³-hybridized carbons (Fsp3) is 0.500. The lowest BCUT2D eigenvalue weighted by Crippen LogP contribution is -2.42. The number of hydrogen-bond acceptors (Lipinski definition) is 2. The van der Waals surface area contributed by atoms with Gasteiger partial charge in [0, 0.05) is 17.6 Å². The number of hydrogen-bond donors (Lipinski definition) is 1. The van der Waals surface area contributed by atoms with Crippen LogP contribution >= 0.6 is 15.9 Å². The highest BCUT2D eigenvalue weighted by atomic mass is 79.9. The molecular weight excluding hydrogens is 311 g/mol. The van der Waals surface area contributed by atoms with Gasteiger partial charge in [0.15, 0.2) is 0 Å². The van der Waals surface area contributed by atoms with Crippen molar-refractivity contribution in [1.82, 2.24) is 4.90 Å². The van der Waals surface area contributed by atoms with Crippen molar-refractivity contribution in [1.29, 1.82) is 0 Å². The molecule has 0 radical (unpaired) electrons. The topological polar surface area (TPSA) is 46.3 Å². The summed E-state index contributed by atoms with van der Waals surface area (Å²) in [6.45, 7) is 7.36. The normalized spacial score (nSPS) is 11.5. The van der Waals surface area contributed by atoms with E-state index >= 15 is 0 Å². The Hall–Kier alpha value is -0.940. The first-order valence-electron chi connectivity index (χ1n) is 6.25. The fourth-order valence-corrected chi connectivity index (χ4v) is 2.07. The van der Waals surface area contributed by atoms with Crippen LogP contribution in [-0.2, 0) is 0 Å². The van der Waals surface area contributed by atoms with Crippen molar-refractivity contribution >= 4 is 21.8 Å². The van der Waals surface area contributed by atoms with Gasteiger partial charge < -0.3 is 10.6 Å². The Bertz CT molecular complexity index is 463. The Morgan fingerprint density at radius 1 is 1.47 bits per heavy atom. The molecule has 0 aliphatic carbocycles. The van der Waals surface area contributed by atoms with E-state index in [0.717, 1.165) is 0 Å². The number of amides is 1. The summed E-state index contributed by atoms with van der Waals surface area (Å²) in [5.74, 6) is -0.808. The van der Waals surface area contributed by atoms with Crippen molar-refractivity contribution in [2.75, 3.05) is 19.6 Å². The maximum absolute atomic E-state index is 13.8. The van der Waals surface area contributed by atoms with Crippen LogP contribution in [0.25, 0.3) is 0 Å². The monoisotopic (exact) mass is 330 g/mol. The third-order valence-electron chi connectivity index (χ3n) is 3.00. The van der Waals surface area contributed by atoms with E-state index in [1.807, 2.05) is 20.8 Å². The first kappa shape index (κ1) is 16.1. The van der Waals surface area contributed by atoms with Gasteiger partial charge >= 0.3 is 0 Å². The van der Waals surface area contributed by atoms with E-state index in [2.05, 4.69) is 15.9 Å². The summed E-state index contributed by atoms with van der Waals surface area (Å²) in [5, 5.41) is 0. The van der Waals surface area contributed by atoms with Crippen molar-refractivity contribution in [3.8, 4) is 0 Å². The number of rotatable bonds is 5. The van der Waals surface area contributed by atoms with Crippen LogP contribution in [0.3, 0.4) is 0 Å². The minimum absolute atomic E-state index is 0.0953. The largest absolute Gasteiger partial charge is 0.338 e. The van der Waals surface area contributed by atoms with Crippen molar-refractivity contribution in [2.24, 2.45) is 11.1 Å². The van der Waals surface area contributed by atoms with Gasteiger partial charge in [-0.3, -0.25) is 4.79 Å². The summed E-state index contributed by atoms with van der Waals surface area (Å²) in [6.07, 6.45) is 0. The molecule has 0 aliphatic heterocycles. The molecule has 1 rings (SSSR count). The molecule has 0 unspecified atom stereocenters. The van der Waals surface area contributed by atoms with Gasteiger partial charge in [0.25, 0.3) is 5.91 Å². The predicted octanol–water partition coefficient (Wildman–Crippen LogP) is 3.04. The average molecular weight is 331 g/mol. The molecular formula is C14H20BrFN2O. The summed E-state index contributed by atoms with van der Waals surface area (Å²) in [5.41, 5.74) is 5.59. The maximum atomic E-state index is 13.8. The van der Waals surface area contributed by atoms with Gasteiger partial charge in [-0.05, 0) is 37.1 Å². The molecule has 0 saturated carbocycles. The van der Waals surface area contributed by atoms with Gasteiger partial charge in [0.05, 0.1) is 5.56 Å². The van der Waals surface area contributed by atoms with Gasteiger partial charge in [-0.25, -0.2) is 4.39 Å². The standard InChI is InChI=1S/C14H20BrFN2O/c1-4-18(9-14(2,3)8-17)13(19)11-6-5-10(15)7-12(11)16/h5-7H,4,8-9,17H2,1-3H3. The maximum Gasteiger partial charge on any atom is 0.256 e. The van der Waals surface area contributed by atoms with E-state index in [1.54, 1.807) is 11.0 Å². The summed E-state index contributed by atoms with van der Waals surface area (Å²) in [4.78, 5) is 14.0. The van der Waals surface area contributed by atoms with Crippen LogP contribution in [0, 0.1) is 11.2 Å². The van der Waals surface area contributed by atoms with E-state index < -0.39 is 5.82 Å². The lowest BCUT2D eigenvalue weighted by Gasteiger charge is -2.31. The Morgan fingerprint density at radius 3 is 2.58 bits per heavy atom. The number of nitrogens with zero attached hydrogens (tertiary/aromatic N) is 1. The molecule has 1 aromatic carbocycles. The number of nitrogens with two attached hydrogens (primary N) is 1. The summed E-state index contributed by atoms with van der Waals surface area (Å²) >= 11 is 3.18. The van der Waals surface area contributed by atoms with E-state index in [-0.39, 0.29) is 16.9 Å². The highest BCUT2D eigenvalue weighted by Crippen LogP contribution is 2.20. The third kappa shape index (κ3) is 4.28. The Labute approximate surface area is 122 Å². The molecule has 0 atom stereocenters. The lowest BCUT2D eigenvalue weighted by atomic mass is 9.93. The molecule has 1 aromatic rings. The van der Waals surface area contributed by atoms with Crippen molar-refractivity contribution in [2.45, 2.75) is 20.8 Å². The van der Waals surface area contributed by atoms with Crippen molar-refractivity contribution in [3.63, 3.8) is 0 Å². The van der Waals surface area contributed by atoms with E-state index in [4.69, 9.17) is 5.73 Å². The second-order valence-electron chi connectivity index (χ2n) is 5.31. The summed E-state index contributed by atoms with van der Waals surface area (Å²) in [6, 6.07) is 4.47. The molecule has 19 heavy (non-hydrogen) atoms. The van der Waals surface area contributed by atoms with Gasteiger partial charge in [0.2, 0.25) is 0 Å². The second-order valence-corrected chi connectivity index (χ2v) is 6.23. The van der Waals surface area contributed by atoms with E-state index in [9.17, 15) is 9.18 Å². The number of carbonyl (C=O) groups excluding carboxylic acids is 1. The van der Waals surface area contributed by atoms with Crippen LogP contribution < -0.4 is 5.73 Å². The van der Waals surface area contributed by atoms with Crippen LogP contribution in [0.5, 0.6) is 0 Å². The van der Waals surface area contributed by atoms with Gasteiger partial charge in [-0.1, -0.05) is 29.8 Å². The summed E-state index contributed by atoms with van der Waals surface area (Å²) < 4.78 is 14.4. The van der Waals surface area contributed by atoms with Crippen LogP contribution in [0.1, 0.15) is 31.1 Å². The molecule has 0 aromatic heterocycles. The SMILES string of the molecule is CCN(CC(C)(C)CN)C(=O)c1ccc(Br)cc1F. The molecule has 3 nitrogen and oxygen atoms in total. The van der Waals surface area contributed by atoms with Gasteiger partial charge in [-0.2, -0.15) is 0 Å². The Morgan fingerprint density at radius 2 is 2.11 bits per heavy atom. The second kappa shape index (κ2) is 6.48. The average Bonchev–Trinajstić information content (AvgIpc) is 2.35. The lowest BCUT2D eigenvalue weighted by molar-refractivity contribution is 0.0696. The van der Waals surface area contributed by atoms with Crippen molar-refractivity contribution < 1.29 is 9.18 Å². The van der Waals surface area contributed by atoms with Crippen LogP contribution in [0.15, 0.2) is 22.7 Å². The summed E-state index contributed by atoms with van der Waals surface area (Å²) in [7, 11) is 0. The Balaban J connectivity index is 2.96. The minimum atomic E-state index is -0.511. The molecule has 106 valence electrons. The predicted molar refractivity (Wildman–Crippen MR) is 78.5 cm³/mol. The van der Waals surface area contributed by atoms with Crippen LogP contribution in [-0.4, -0.2) is 30.4 Å². The van der Waals surface area contributed by atoms with Gasteiger partial charge in [-0.15, -0.1) is 0 Å². The molecule has 1 amide bonds. The molecule has 0 heterocycles. The zero-order chi connectivity index (χ0) is 14.6. The minimum Gasteiger partial charge on any atom is -0.338 e. The first-order valence-corrected chi connectivity index (χ1v) is 7.04. The molecule has 0 fully saturated rings. The van der Waals surface area contributed by atoms with Crippen LogP contribution in [0.2, 0.25) is 0 Å². The number of carbonyl (C=O) groups is 1. The Kier molecular flexibility index (Phi) is 5.50. The smallest absolute Gasteiger partial charge is 0.256 e. The highest BCUT2D eigenvalue weighted by Gasteiger charge is 2.25. The van der Waals surface area contributed by atoms with Gasteiger partial charge in [0.1, 0.15) is 5.82 Å². The van der Waals surface area contributed by atoms with Crippen LogP contribution in [0.4, 0.5) is 4.39 Å². The molecule has 2 N–H and O–H groups in total. The molecule has 0 spiro atoms. The third-order valence-corrected chi connectivity index (χ3v) is 3.50.